The Labute approximate surface area is 83.2 Å². The molecule has 0 aliphatic heterocycles. The number of carbonyl (C=O) groups is 3. The summed E-state index contributed by atoms with van der Waals surface area (Å²) in [6.07, 6.45) is 2.35. The fourth-order valence-electron chi connectivity index (χ4n) is 1.85. The van der Waals surface area contributed by atoms with E-state index in [4.69, 9.17) is 0 Å². The van der Waals surface area contributed by atoms with Crippen molar-refractivity contribution in [2.75, 3.05) is 0 Å². The third-order valence-electron chi connectivity index (χ3n) is 2.65. The molecule has 0 radical (unpaired) electrons. The van der Waals surface area contributed by atoms with E-state index in [-0.39, 0.29) is 11.6 Å². The molecule has 1 fully saturated rings. The lowest BCUT2D eigenvalue weighted by Crippen LogP contribution is -2.35. The molecule has 2 unspecified atom stereocenters. The minimum absolute atomic E-state index is 0.106. The maximum Gasteiger partial charge on any atom is 0.162 e. The van der Waals surface area contributed by atoms with E-state index in [1.807, 2.05) is 0 Å². The maximum absolute atomic E-state index is 11.6. The average Bonchev–Trinajstić information content (AvgIpc) is 2.16. The quantitative estimate of drug-likeness (QED) is 0.387. The molecule has 76 valence electrons. The highest BCUT2D eigenvalue weighted by molar-refractivity contribution is 6.04. The molecule has 1 aliphatic rings. The zero-order chi connectivity index (χ0) is 10.7. The monoisotopic (exact) mass is 194 g/mol. The molecule has 0 heterocycles. The van der Waals surface area contributed by atoms with Gasteiger partial charge < -0.3 is 4.79 Å². The summed E-state index contributed by atoms with van der Waals surface area (Å²) in [6.45, 7) is 5.16. The van der Waals surface area contributed by atoms with Gasteiger partial charge in [0.05, 0.1) is 5.92 Å². The van der Waals surface area contributed by atoms with Crippen LogP contribution in [-0.2, 0) is 14.4 Å². The van der Waals surface area contributed by atoms with Crippen molar-refractivity contribution < 1.29 is 14.4 Å². The topological polar surface area (TPSA) is 51.2 Å². The van der Waals surface area contributed by atoms with Crippen LogP contribution >= 0.6 is 0 Å². The molecule has 1 saturated carbocycles. The van der Waals surface area contributed by atoms with Gasteiger partial charge in [0.1, 0.15) is 12.1 Å². The zero-order valence-electron chi connectivity index (χ0n) is 8.29. The Bertz CT molecular complexity index is 291. The van der Waals surface area contributed by atoms with E-state index < -0.39 is 11.8 Å². The predicted molar refractivity (Wildman–Crippen MR) is 51.7 cm³/mol. The van der Waals surface area contributed by atoms with Crippen molar-refractivity contribution in [3.63, 3.8) is 0 Å². The van der Waals surface area contributed by atoms with Gasteiger partial charge in [-0.25, -0.2) is 0 Å². The second kappa shape index (κ2) is 4.31. The molecule has 0 amide bonds. The molecule has 1 rings (SSSR count). The molecule has 3 heteroatoms. The van der Waals surface area contributed by atoms with Gasteiger partial charge in [-0.15, -0.1) is 0 Å². The fraction of sp³-hybridized carbons (Fsp3) is 0.545. The number of rotatable bonds is 3. The van der Waals surface area contributed by atoms with Gasteiger partial charge in [0.25, 0.3) is 0 Å². The normalized spacial score (nSPS) is 27.1. The number of allylic oxidation sites excluding steroid dienone is 1. The summed E-state index contributed by atoms with van der Waals surface area (Å²) in [5, 5.41) is 0. The highest BCUT2D eigenvalue weighted by atomic mass is 16.1. The highest BCUT2D eigenvalue weighted by Gasteiger charge is 2.35. The Morgan fingerprint density at radius 2 is 2.21 bits per heavy atom. The molecule has 2 atom stereocenters. The van der Waals surface area contributed by atoms with Gasteiger partial charge in [0, 0.05) is 12.3 Å². The molecule has 0 saturated heterocycles. The molecule has 0 N–H and O–H groups in total. The molecule has 0 aromatic rings. The smallest absolute Gasteiger partial charge is 0.162 e. The second-order valence-electron chi connectivity index (χ2n) is 3.77. The summed E-state index contributed by atoms with van der Waals surface area (Å²) in [6, 6.07) is 0. The van der Waals surface area contributed by atoms with Crippen LogP contribution in [0.1, 0.15) is 26.2 Å². The van der Waals surface area contributed by atoms with Gasteiger partial charge in [0.2, 0.25) is 0 Å². The Morgan fingerprint density at radius 1 is 1.57 bits per heavy atom. The van der Waals surface area contributed by atoms with E-state index in [1.165, 1.54) is 0 Å². The Hall–Kier alpha value is -1.25. The van der Waals surface area contributed by atoms with Crippen LogP contribution in [0.4, 0.5) is 0 Å². The fourth-order valence-corrected chi connectivity index (χ4v) is 1.85. The Kier molecular flexibility index (Phi) is 3.33. The molecule has 0 aromatic heterocycles. The van der Waals surface area contributed by atoms with Crippen LogP contribution in [0.2, 0.25) is 0 Å². The van der Waals surface area contributed by atoms with Crippen LogP contribution in [0, 0.1) is 11.8 Å². The van der Waals surface area contributed by atoms with Gasteiger partial charge in [-0.2, -0.15) is 0 Å². The van der Waals surface area contributed by atoms with E-state index in [9.17, 15) is 14.4 Å². The first-order chi connectivity index (χ1) is 6.57. The number of carbonyl (C=O) groups excluding carboxylic acids is 3. The zero-order valence-corrected chi connectivity index (χ0v) is 8.29. The van der Waals surface area contributed by atoms with Crippen LogP contribution in [0.25, 0.3) is 0 Å². The van der Waals surface area contributed by atoms with Gasteiger partial charge in [-0.1, -0.05) is 6.58 Å². The molecule has 1 aliphatic carbocycles. The molecule has 0 aromatic carbocycles. The summed E-state index contributed by atoms with van der Waals surface area (Å²) < 4.78 is 0. The lowest BCUT2D eigenvalue weighted by molar-refractivity contribution is -0.137. The Morgan fingerprint density at radius 3 is 2.71 bits per heavy atom. The average molecular weight is 194 g/mol. The van der Waals surface area contributed by atoms with E-state index in [0.29, 0.717) is 31.1 Å². The first-order valence-electron chi connectivity index (χ1n) is 4.75. The van der Waals surface area contributed by atoms with E-state index in [1.54, 1.807) is 6.92 Å². The van der Waals surface area contributed by atoms with E-state index >= 15 is 0 Å². The highest BCUT2D eigenvalue weighted by Crippen LogP contribution is 2.28. The van der Waals surface area contributed by atoms with Crippen molar-refractivity contribution in [1.82, 2.24) is 0 Å². The lowest BCUT2D eigenvalue weighted by atomic mass is 9.75. The number of hydrogen-bond donors (Lipinski definition) is 0. The molecule has 0 bridgehead atoms. The molecule has 14 heavy (non-hydrogen) atoms. The largest absolute Gasteiger partial charge is 0.303 e. The van der Waals surface area contributed by atoms with E-state index in [0.717, 1.165) is 0 Å². The van der Waals surface area contributed by atoms with Crippen molar-refractivity contribution in [1.29, 1.82) is 0 Å². The third-order valence-corrected chi connectivity index (χ3v) is 2.65. The predicted octanol–water partition coefficient (Wildman–Crippen LogP) is 1.32. The van der Waals surface area contributed by atoms with Crippen molar-refractivity contribution in [3.05, 3.63) is 12.2 Å². The van der Waals surface area contributed by atoms with Crippen LogP contribution in [-0.4, -0.2) is 17.9 Å². The van der Waals surface area contributed by atoms with Crippen LogP contribution in [0.3, 0.4) is 0 Å². The Balaban J connectivity index is 2.85. The van der Waals surface area contributed by atoms with Crippen molar-refractivity contribution in [3.8, 4) is 0 Å². The summed E-state index contributed by atoms with van der Waals surface area (Å²) in [7, 11) is 0. The van der Waals surface area contributed by atoms with Crippen molar-refractivity contribution in [2.45, 2.75) is 26.2 Å². The third kappa shape index (κ3) is 1.97. The first kappa shape index (κ1) is 10.8. The summed E-state index contributed by atoms with van der Waals surface area (Å²) >= 11 is 0. The molecule has 0 spiro atoms. The lowest BCUT2D eigenvalue weighted by Gasteiger charge is -2.25. The van der Waals surface area contributed by atoms with Crippen molar-refractivity contribution in [2.24, 2.45) is 11.8 Å². The van der Waals surface area contributed by atoms with Gasteiger partial charge in [-0.3, -0.25) is 9.59 Å². The second-order valence-corrected chi connectivity index (χ2v) is 3.77. The summed E-state index contributed by atoms with van der Waals surface area (Å²) in [5.74, 6) is -1.43. The minimum atomic E-state index is -0.729. The first-order valence-corrected chi connectivity index (χ1v) is 4.75. The molecule has 3 nitrogen and oxygen atoms in total. The number of Topliss-reactive ketones (excluding diaryl/α,β-unsaturated/α-hetero) is 2. The minimum Gasteiger partial charge on any atom is -0.303 e. The van der Waals surface area contributed by atoms with Crippen LogP contribution < -0.4 is 0 Å². The maximum atomic E-state index is 11.6. The number of hydrogen-bond acceptors (Lipinski definition) is 3. The number of ketones is 2. The molecular formula is C11H14O3. The van der Waals surface area contributed by atoms with Crippen LogP contribution in [0.5, 0.6) is 0 Å². The van der Waals surface area contributed by atoms with E-state index in [2.05, 4.69) is 6.58 Å². The van der Waals surface area contributed by atoms with Gasteiger partial charge in [0.15, 0.2) is 5.78 Å². The number of aldehydes is 1. The van der Waals surface area contributed by atoms with Crippen molar-refractivity contribution >= 4 is 17.9 Å². The molecular weight excluding hydrogens is 180 g/mol. The standard InChI is InChI=1S/C11H14O3/c1-7(2)11(14)8-4-3-5-10(13)9(8)6-12/h6,8-9H,1,3-5H2,2H3. The summed E-state index contributed by atoms with van der Waals surface area (Å²) in [4.78, 5) is 33.7. The SMILES string of the molecule is C=C(C)C(=O)C1CCCC(=O)C1C=O. The van der Waals surface area contributed by atoms with Crippen LogP contribution in [0.15, 0.2) is 12.2 Å². The van der Waals surface area contributed by atoms with Gasteiger partial charge in [-0.05, 0) is 25.3 Å². The summed E-state index contributed by atoms with van der Waals surface area (Å²) in [5.41, 5.74) is 0.427. The van der Waals surface area contributed by atoms with Gasteiger partial charge >= 0.3 is 0 Å².